The summed E-state index contributed by atoms with van der Waals surface area (Å²) in [5.41, 5.74) is 9.25. The Morgan fingerprint density at radius 2 is 1.80 bits per heavy atom. The van der Waals surface area contributed by atoms with E-state index in [9.17, 15) is 4.79 Å². The first-order chi connectivity index (χ1) is 9.60. The Labute approximate surface area is 119 Å². The molecule has 0 fully saturated rings. The normalized spacial score (nSPS) is 10.3. The molecule has 0 aliphatic carbocycles. The fourth-order valence-corrected chi connectivity index (χ4v) is 1.94. The van der Waals surface area contributed by atoms with Gasteiger partial charge in [-0.2, -0.15) is 0 Å². The molecule has 0 unspecified atom stereocenters. The summed E-state index contributed by atoms with van der Waals surface area (Å²) in [7, 11) is 1.79. The lowest BCUT2D eigenvalue weighted by atomic mass is 10.1. The lowest BCUT2D eigenvalue weighted by Crippen LogP contribution is -2.26. The minimum Gasteiger partial charge on any atom is -0.337 e. The molecule has 0 atom stereocenters. The SMILES string of the molecule is Cc1ccc(C(=O)N(C)Cc2ccc(CN)cc2)cn1. The molecule has 0 aliphatic heterocycles. The number of hydrogen-bond acceptors (Lipinski definition) is 3. The van der Waals surface area contributed by atoms with E-state index >= 15 is 0 Å². The van der Waals surface area contributed by atoms with Gasteiger partial charge < -0.3 is 10.6 Å². The molecule has 0 bridgehead atoms. The molecule has 0 aliphatic rings. The zero-order valence-corrected chi connectivity index (χ0v) is 11.8. The molecule has 2 aromatic rings. The van der Waals surface area contributed by atoms with E-state index in [-0.39, 0.29) is 5.91 Å². The van der Waals surface area contributed by atoms with Crippen LogP contribution in [0.4, 0.5) is 0 Å². The van der Waals surface area contributed by atoms with Crippen LogP contribution in [0.2, 0.25) is 0 Å². The second-order valence-electron chi connectivity index (χ2n) is 4.87. The average molecular weight is 269 g/mol. The number of pyridine rings is 1. The Morgan fingerprint density at radius 3 is 2.35 bits per heavy atom. The second-order valence-corrected chi connectivity index (χ2v) is 4.87. The van der Waals surface area contributed by atoms with Crippen molar-refractivity contribution in [3.05, 3.63) is 65.0 Å². The monoisotopic (exact) mass is 269 g/mol. The van der Waals surface area contributed by atoms with Gasteiger partial charge in [0.2, 0.25) is 0 Å². The van der Waals surface area contributed by atoms with Gasteiger partial charge in [0, 0.05) is 32.0 Å². The number of aromatic nitrogens is 1. The zero-order valence-electron chi connectivity index (χ0n) is 11.8. The first-order valence-electron chi connectivity index (χ1n) is 6.56. The maximum Gasteiger partial charge on any atom is 0.255 e. The van der Waals surface area contributed by atoms with Crippen LogP contribution in [0.25, 0.3) is 0 Å². The number of carbonyl (C=O) groups excluding carboxylic acids is 1. The molecule has 104 valence electrons. The van der Waals surface area contributed by atoms with E-state index in [4.69, 9.17) is 5.73 Å². The second kappa shape index (κ2) is 6.30. The first kappa shape index (κ1) is 14.2. The van der Waals surface area contributed by atoms with Crippen LogP contribution in [0.3, 0.4) is 0 Å². The van der Waals surface area contributed by atoms with Gasteiger partial charge in [-0.05, 0) is 30.2 Å². The summed E-state index contributed by atoms with van der Waals surface area (Å²) in [6.45, 7) is 3.00. The van der Waals surface area contributed by atoms with E-state index in [0.717, 1.165) is 16.8 Å². The number of nitrogens with zero attached hydrogens (tertiary/aromatic N) is 2. The number of carbonyl (C=O) groups is 1. The Balaban J connectivity index is 2.04. The third-order valence-electron chi connectivity index (χ3n) is 3.18. The smallest absolute Gasteiger partial charge is 0.255 e. The van der Waals surface area contributed by atoms with Crippen LogP contribution in [0.5, 0.6) is 0 Å². The van der Waals surface area contributed by atoms with Crippen LogP contribution in [-0.2, 0) is 13.1 Å². The van der Waals surface area contributed by atoms with Gasteiger partial charge in [0.1, 0.15) is 0 Å². The van der Waals surface area contributed by atoms with Crippen LogP contribution >= 0.6 is 0 Å². The van der Waals surface area contributed by atoms with Crippen molar-refractivity contribution in [1.29, 1.82) is 0 Å². The molecule has 2 N–H and O–H groups in total. The van der Waals surface area contributed by atoms with Crippen molar-refractivity contribution in [3.8, 4) is 0 Å². The Bertz CT molecular complexity index is 576. The highest BCUT2D eigenvalue weighted by Gasteiger charge is 2.12. The topological polar surface area (TPSA) is 59.2 Å². The summed E-state index contributed by atoms with van der Waals surface area (Å²) in [4.78, 5) is 18.1. The summed E-state index contributed by atoms with van der Waals surface area (Å²) in [5, 5.41) is 0. The van der Waals surface area contributed by atoms with Crippen LogP contribution in [0, 0.1) is 6.92 Å². The number of benzene rings is 1. The number of hydrogen-bond donors (Lipinski definition) is 1. The summed E-state index contributed by atoms with van der Waals surface area (Å²) < 4.78 is 0. The Morgan fingerprint density at radius 1 is 1.15 bits per heavy atom. The van der Waals surface area contributed by atoms with E-state index in [0.29, 0.717) is 18.7 Å². The number of nitrogens with two attached hydrogens (primary N) is 1. The van der Waals surface area contributed by atoms with Gasteiger partial charge in [-0.15, -0.1) is 0 Å². The van der Waals surface area contributed by atoms with Crippen molar-refractivity contribution in [2.75, 3.05) is 7.05 Å². The van der Waals surface area contributed by atoms with E-state index in [1.807, 2.05) is 37.3 Å². The van der Waals surface area contributed by atoms with Gasteiger partial charge in [0.25, 0.3) is 5.91 Å². The summed E-state index contributed by atoms with van der Waals surface area (Å²) in [6.07, 6.45) is 1.62. The highest BCUT2D eigenvalue weighted by molar-refractivity contribution is 5.93. The molecule has 1 heterocycles. The molecule has 0 radical (unpaired) electrons. The fourth-order valence-electron chi connectivity index (χ4n) is 1.94. The van der Waals surface area contributed by atoms with Gasteiger partial charge >= 0.3 is 0 Å². The minimum absolute atomic E-state index is 0.0274. The van der Waals surface area contributed by atoms with Crippen LogP contribution in [0.15, 0.2) is 42.6 Å². The van der Waals surface area contributed by atoms with Crippen LogP contribution < -0.4 is 5.73 Å². The largest absolute Gasteiger partial charge is 0.337 e. The van der Waals surface area contributed by atoms with Crippen LogP contribution in [-0.4, -0.2) is 22.8 Å². The Hall–Kier alpha value is -2.20. The standard InChI is InChI=1S/C16H19N3O/c1-12-3-8-15(10-18-12)16(20)19(2)11-14-6-4-13(9-17)5-7-14/h3-8,10H,9,11,17H2,1-2H3. The third-order valence-corrected chi connectivity index (χ3v) is 3.18. The Kier molecular flexibility index (Phi) is 4.48. The predicted molar refractivity (Wildman–Crippen MR) is 79.1 cm³/mol. The molecule has 4 heteroatoms. The lowest BCUT2D eigenvalue weighted by Gasteiger charge is -2.17. The molecular formula is C16H19N3O. The van der Waals surface area contributed by atoms with Crippen LogP contribution in [0.1, 0.15) is 27.2 Å². The molecule has 0 saturated carbocycles. The summed E-state index contributed by atoms with van der Waals surface area (Å²) in [6, 6.07) is 11.6. The fraction of sp³-hybridized carbons (Fsp3) is 0.250. The number of rotatable bonds is 4. The first-order valence-corrected chi connectivity index (χ1v) is 6.56. The highest BCUT2D eigenvalue weighted by atomic mass is 16.2. The molecule has 2 rings (SSSR count). The maximum absolute atomic E-state index is 12.2. The van der Waals surface area contributed by atoms with E-state index in [1.165, 1.54) is 0 Å². The van der Waals surface area contributed by atoms with Crippen molar-refractivity contribution in [2.24, 2.45) is 5.73 Å². The minimum atomic E-state index is -0.0274. The van der Waals surface area contributed by atoms with Gasteiger partial charge in [-0.3, -0.25) is 9.78 Å². The molecule has 1 aromatic carbocycles. The molecule has 4 nitrogen and oxygen atoms in total. The van der Waals surface area contributed by atoms with E-state index in [1.54, 1.807) is 24.2 Å². The third kappa shape index (κ3) is 3.42. The summed E-state index contributed by atoms with van der Waals surface area (Å²) in [5.74, 6) is -0.0274. The number of aryl methyl sites for hydroxylation is 1. The van der Waals surface area contributed by atoms with Crippen molar-refractivity contribution in [3.63, 3.8) is 0 Å². The van der Waals surface area contributed by atoms with Gasteiger partial charge in [0.05, 0.1) is 5.56 Å². The predicted octanol–water partition coefficient (Wildman–Crippen LogP) is 2.12. The van der Waals surface area contributed by atoms with Gasteiger partial charge in [0.15, 0.2) is 0 Å². The highest BCUT2D eigenvalue weighted by Crippen LogP contribution is 2.09. The van der Waals surface area contributed by atoms with Gasteiger partial charge in [-0.1, -0.05) is 24.3 Å². The lowest BCUT2D eigenvalue weighted by molar-refractivity contribution is 0.0784. The van der Waals surface area contributed by atoms with Crippen molar-refractivity contribution in [2.45, 2.75) is 20.0 Å². The molecule has 1 amide bonds. The molecule has 20 heavy (non-hydrogen) atoms. The zero-order chi connectivity index (χ0) is 14.5. The molecule has 0 saturated heterocycles. The maximum atomic E-state index is 12.2. The molecule has 0 spiro atoms. The van der Waals surface area contributed by atoms with E-state index < -0.39 is 0 Å². The molecule has 1 aromatic heterocycles. The summed E-state index contributed by atoms with van der Waals surface area (Å²) >= 11 is 0. The van der Waals surface area contributed by atoms with E-state index in [2.05, 4.69) is 4.98 Å². The van der Waals surface area contributed by atoms with Crippen molar-refractivity contribution >= 4 is 5.91 Å². The number of amides is 1. The van der Waals surface area contributed by atoms with Gasteiger partial charge in [-0.25, -0.2) is 0 Å². The quantitative estimate of drug-likeness (QED) is 0.925. The molecular weight excluding hydrogens is 250 g/mol. The average Bonchev–Trinajstić information content (AvgIpc) is 2.48. The van der Waals surface area contributed by atoms with Crippen molar-refractivity contribution in [1.82, 2.24) is 9.88 Å². The van der Waals surface area contributed by atoms with Crippen molar-refractivity contribution < 1.29 is 4.79 Å².